The molecule has 26 heavy (non-hydrogen) atoms. The Morgan fingerprint density at radius 1 is 1.12 bits per heavy atom. The van der Waals surface area contributed by atoms with Crippen LogP contribution in [0.5, 0.6) is 5.75 Å². The summed E-state index contributed by atoms with van der Waals surface area (Å²) in [7, 11) is 0. The second-order valence-corrected chi connectivity index (χ2v) is 6.18. The third kappa shape index (κ3) is 4.99. The third-order valence-corrected chi connectivity index (χ3v) is 4.37. The van der Waals surface area contributed by atoms with E-state index >= 15 is 0 Å². The van der Waals surface area contributed by atoms with E-state index < -0.39 is 0 Å². The van der Waals surface area contributed by atoms with Crippen LogP contribution in [0.1, 0.15) is 24.9 Å². The van der Waals surface area contributed by atoms with E-state index in [1.165, 1.54) is 0 Å². The molecule has 137 valence electrons. The molecule has 1 heterocycles. The summed E-state index contributed by atoms with van der Waals surface area (Å²) in [6.45, 7) is 5.11. The zero-order valence-corrected chi connectivity index (χ0v) is 15.1. The van der Waals surface area contributed by atoms with Gasteiger partial charge in [-0.25, -0.2) is 0 Å². The first-order valence-corrected chi connectivity index (χ1v) is 9.10. The molecule has 0 aromatic heterocycles. The van der Waals surface area contributed by atoms with E-state index in [1.807, 2.05) is 66.4 Å². The fraction of sp³-hybridized carbons (Fsp3) is 0.381. The summed E-state index contributed by atoms with van der Waals surface area (Å²) in [4.78, 5) is 14.6. The lowest BCUT2D eigenvalue weighted by Crippen LogP contribution is -2.41. The average molecular weight is 353 g/mol. The van der Waals surface area contributed by atoms with Crippen molar-refractivity contribution >= 4 is 11.6 Å². The lowest BCUT2D eigenvalue weighted by molar-refractivity contribution is -0.135. The maximum atomic E-state index is 12.7. The molecular weight excluding hydrogens is 328 g/mol. The number of benzene rings is 2. The summed E-state index contributed by atoms with van der Waals surface area (Å²) < 4.78 is 10.9. The van der Waals surface area contributed by atoms with Crippen LogP contribution < -0.4 is 10.1 Å². The van der Waals surface area contributed by atoms with Crippen LogP contribution in [-0.4, -0.2) is 43.7 Å². The Morgan fingerprint density at radius 3 is 2.46 bits per heavy atom. The summed E-state index contributed by atoms with van der Waals surface area (Å²) in [6, 6.07) is 17.4. The van der Waals surface area contributed by atoms with Gasteiger partial charge in [-0.3, -0.25) is 10.1 Å². The second-order valence-electron chi connectivity index (χ2n) is 6.18. The van der Waals surface area contributed by atoms with Gasteiger partial charge in [0.1, 0.15) is 5.75 Å². The molecule has 5 heteroatoms. The number of nitrogens with zero attached hydrogens (tertiary/aromatic N) is 2. The number of ether oxygens (including phenoxy) is 2. The van der Waals surface area contributed by atoms with Crippen molar-refractivity contribution < 1.29 is 14.3 Å². The third-order valence-electron chi connectivity index (χ3n) is 4.37. The Hall–Kier alpha value is -2.53. The molecule has 1 fully saturated rings. The molecule has 1 unspecified atom stereocenters. The van der Waals surface area contributed by atoms with Crippen molar-refractivity contribution in [2.24, 2.45) is 0 Å². The minimum atomic E-state index is -0.219. The number of carbonyl (C=O) groups is 1. The van der Waals surface area contributed by atoms with E-state index in [2.05, 4.69) is 0 Å². The van der Waals surface area contributed by atoms with E-state index in [4.69, 9.17) is 14.8 Å². The van der Waals surface area contributed by atoms with Gasteiger partial charge in [-0.05, 0) is 36.8 Å². The Balaban J connectivity index is 1.75. The van der Waals surface area contributed by atoms with Crippen LogP contribution in [0, 0.1) is 0 Å². The molecule has 5 nitrogen and oxygen atoms in total. The largest absolute Gasteiger partial charge is 0.494 e. The smallest absolute Gasteiger partial charge is 0.225 e. The molecule has 0 saturated carbocycles. The summed E-state index contributed by atoms with van der Waals surface area (Å²) in [5, 5.41) is 4.82. The number of carbonyl (C=O) groups excluding carboxylic acids is 1. The number of amides is 1. The maximum absolute atomic E-state index is 12.7. The molecular formula is C21H25N2O3. The Labute approximate surface area is 154 Å². The predicted octanol–water partition coefficient (Wildman–Crippen LogP) is 3.31. The lowest BCUT2D eigenvalue weighted by atomic mass is 10.0. The fourth-order valence-electron chi connectivity index (χ4n) is 2.99. The highest BCUT2D eigenvalue weighted by Crippen LogP contribution is 2.26. The highest BCUT2D eigenvalue weighted by Gasteiger charge is 2.23. The van der Waals surface area contributed by atoms with Crippen molar-refractivity contribution in [3.05, 3.63) is 60.2 Å². The fourth-order valence-corrected chi connectivity index (χ4v) is 2.99. The van der Waals surface area contributed by atoms with Gasteiger partial charge in [0.05, 0.1) is 38.0 Å². The molecule has 2 aromatic rings. The van der Waals surface area contributed by atoms with Gasteiger partial charge in [-0.15, -0.1) is 0 Å². The van der Waals surface area contributed by atoms with Crippen LogP contribution in [0.4, 0.5) is 5.69 Å². The van der Waals surface area contributed by atoms with Crippen molar-refractivity contribution in [1.82, 2.24) is 10.2 Å². The van der Waals surface area contributed by atoms with Crippen LogP contribution >= 0.6 is 0 Å². The quantitative estimate of drug-likeness (QED) is 0.767. The van der Waals surface area contributed by atoms with E-state index in [1.54, 1.807) is 0 Å². The molecule has 2 aromatic carbocycles. The number of hydrogen-bond donors (Lipinski definition) is 0. The molecule has 1 aliphatic rings. The summed E-state index contributed by atoms with van der Waals surface area (Å²) in [5.41, 5.74) is 1.89. The monoisotopic (exact) mass is 353 g/mol. The van der Waals surface area contributed by atoms with E-state index in [9.17, 15) is 4.79 Å². The van der Waals surface area contributed by atoms with Crippen LogP contribution in [-0.2, 0) is 9.53 Å². The highest BCUT2D eigenvalue weighted by molar-refractivity contribution is 5.77. The van der Waals surface area contributed by atoms with E-state index in [0.717, 1.165) is 17.0 Å². The Bertz CT molecular complexity index is 682. The van der Waals surface area contributed by atoms with Crippen LogP contribution in [0.2, 0.25) is 0 Å². The van der Waals surface area contributed by atoms with Crippen LogP contribution in [0.15, 0.2) is 54.6 Å². The molecule has 3 rings (SSSR count). The van der Waals surface area contributed by atoms with E-state index in [0.29, 0.717) is 39.3 Å². The highest BCUT2D eigenvalue weighted by atomic mass is 16.5. The normalized spacial score (nSPS) is 15.3. The number of para-hydroxylation sites is 1. The van der Waals surface area contributed by atoms with Crippen LogP contribution in [0.25, 0.3) is 0 Å². The molecule has 0 spiro atoms. The minimum absolute atomic E-state index is 0.117. The van der Waals surface area contributed by atoms with Gasteiger partial charge in [0.2, 0.25) is 5.91 Å². The molecule has 1 saturated heterocycles. The number of rotatable bonds is 7. The first-order valence-electron chi connectivity index (χ1n) is 9.10. The molecule has 1 atom stereocenters. The summed E-state index contributed by atoms with van der Waals surface area (Å²) >= 11 is 0. The van der Waals surface area contributed by atoms with Gasteiger partial charge in [-0.2, -0.15) is 0 Å². The van der Waals surface area contributed by atoms with Gasteiger partial charge in [0.15, 0.2) is 0 Å². The van der Waals surface area contributed by atoms with E-state index in [-0.39, 0.29) is 11.9 Å². The standard InChI is InChI=1S/C21H25N2O3/c1-2-26-19-10-8-17(9-11-19)20(22-18-6-4-3-5-7-18)16-21(24)23-12-14-25-15-13-23/h3-11,20H,2,12-16H2,1H3. The van der Waals surface area contributed by atoms with Gasteiger partial charge >= 0.3 is 0 Å². The van der Waals surface area contributed by atoms with Gasteiger partial charge in [0, 0.05) is 13.1 Å². The van der Waals surface area contributed by atoms with Gasteiger partial charge in [0.25, 0.3) is 0 Å². The minimum Gasteiger partial charge on any atom is -0.494 e. The maximum Gasteiger partial charge on any atom is 0.225 e. The van der Waals surface area contributed by atoms with Gasteiger partial charge < -0.3 is 14.4 Å². The number of hydrogen-bond acceptors (Lipinski definition) is 3. The lowest BCUT2D eigenvalue weighted by Gasteiger charge is -2.28. The molecule has 0 N–H and O–H groups in total. The zero-order chi connectivity index (χ0) is 18.2. The molecule has 1 aliphatic heterocycles. The van der Waals surface area contributed by atoms with Crippen molar-refractivity contribution in [2.75, 3.05) is 32.9 Å². The predicted molar refractivity (Wildman–Crippen MR) is 101 cm³/mol. The molecule has 0 aliphatic carbocycles. The molecule has 0 bridgehead atoms. The zero-order valence-electron chi connectivity index (χ0n) is 15.1. The SMILES string of the molecule is CCOc1ccc(C(CC(=O)N2CCOCC2)[N]c2ccccc2)cc1. The summed E-state index contributed by atoms with van der Waals surface area (Å²) in [5.74, 6) is 0.945. The van der Waals surface area contributed by atoms with Crippen molar-refractivity contribution in [3.63, 3.8) is 0 Å². The average Bonchev–Trinajstić information content (AvgIpc) is 2.70. The van der Waals surface area contributed by atoms with Gasteiger partial charge in [-0.1, -0.05) is 30.3 Å². The topological polar surface area (TPSA) is 52.9 Å². The first-order chi connectivity index (χ1) is 12.8. The van der Waals surface area contributed by atoms with Crippen molar-refractivity contribution in [1.29, 1.82) is 0 Å². The second kappa shape index (κ2) is 9.25. The first kappa shape index (κ1) is 18.3. The summed E-state index contributed by atoms with van der Waals surface area (Å²) in [6.07, 6.45) is 0.350. The number of morpholine rings is 1. The molecule has 1 radical (unpaired) electrons. The van der Waals surface area contributed by atoms with Crippen molar-refractivity contribution in [3.8, 4) is 5.75 Å². The Morgan fingerprint density at radius 2 is 1.81 bits per heavy atom. The van der Waals surface area contributed by atoms with Crippen LogP contribution in [0.3, 0.4) is 0 Å². The molecule has 1 amide bonds. The Kier molecular flexibility index (Phi) is 6.50. The van der Waals surface area contributed by atoms with Crippen molar-refractivity contribution in [2.45, 2.75) is 19.4 Å².